The van der Waals surface area contributed by atoms with Crippen LogP contribution in [0, 0.1) is 0 Å². The third-order valence-electron chi connectivity index (χ3n) is 2.97. The highest BCUT2D eigenvalue weighted by molar-refractivity contribution is 7.99. The fourth-order valence-corrected chi connectivity index (χ4v) is 3.44. The molecule has 3 nitrogen and oxygen atoms in total. The molecular weight excluding hydrogens is 268 g/mol. The van der Waals surface area contributed by atoms with E-state index in [1.54, 1.807) is 0 Å². The maximum atomic E-state index is 6.35. The van der Waals surface area contributed by atoms with Crippen LogP contribution in [-0.2, 0) is 0 Å². The molecule has 0 radical (unpaired) electrons. The second-order valence-electron chi connectivity index (χ2n) is 4.25. The van der Waals surface area contributed by atoms with Gasteiger partial charge in [-0.3, -0.25) is 0 Å². The third-order valence-corrected chi connectivity index (χ3v) is 4.77. The molecule has 1 aliphatic rings. The predicted octanol–water partition coefficient (Wildman–Crippen LogP) is 3.97. The molecule has 18 heavy (non-hydrogen) atoms. The monoisotopic (exact) mass is 280 g/mol. The molecule has 94 valence electrons. The first-order valence-electron chi connectivity index (χ1n) is 5.98. The van der Waals surface area contributed by atoms with Crippen molar-refractivity contribution in [1.29, 1.82) is 0 Å². The number of rotatable bonds is 3. The first kappa shape index (κ1) is 12.1. The molecule has 1 aromatic carbocycles. The quantitative estimate of drug-likeness (QED) is 0.798. The first-order chi connectivity index (χ1) is 8.84. The van der Waals surface area contributed by atoms with Gasteiger partial charge in [-0.05, 0) is 24.2 Å². The maximum absolute atomic E-state index is 6.35. The topological polar surface area (TPSA) is 38.9 Å². The zero-order chi connectivity index (χ0) is 12.4. The minimum Gasteiger partial charge on any atom is -0.422 e. The van der Waals surface area contributed by atoms with Crippen LogP contribution in [0.3, 0.4) is 0 Å². The van der Waals surface area contributed by atoms with E-state index in [2.05, 4.69) is 10.2 Å². The number of nitrogens with zero attached hydrogens (tertiary/aromatic N) is 2. The largest absolute Gasteiger partial charge is 0.422 e. The van der Waals surface area contributed by atoms with Gasteiger partial charge in [0.25, 0.3) is 0 Å². The minimum atomic E-state index is -0.362. The van der Waals surface area contributed by atoms with Crippen LogP contribution in [0.15, 0.2) is 34.7 Å². The summed E-state index contributed by atoms with van der Waals surface area (Å²) in [6.07, 6.45) is 2.33. The number of hydrogen-bond donors (Lipinski definition) is 0. The van der Waals surface area contributed by atoms with E-state index in [0.29, 0.717) is 17.0 Å². The van der Waals surface area contributed by atoms with Gasteiger partial charge in [0.15, 0.2) is 0 Å². The number of aromatic nitrogens is 2. The van der Waals surface area contributed by atoms with E-state index in [1.165, 1.54) is 12.2 Å². The van der Waals surface area contributed by atoms with Crippen molar-refractivity contribution in [2.75, 3.05) is 5.75 Å². The normalized spacial score (nSPS) is 21.1. The highest BCUT2D eigenvalue weighted by Gasteiger charge is 2.25. The molecular formula is C13H13ClN2OS. The Bertz CT molecular complexity index is 511. The molecule has 2 atom stereocenters. The van der Waals surface area contributed by atoms with E-state index in [1.807, 2.05) is 42.1 Å². The van der Waals surface area contributed by atoms with Crippen molar-refractivity contribution in [3.8, 4) is 0 Å². The van der Waals surface area contributed by atoms with Crippen molar-refractivity contribution in [3.63, 3.8) is 0 Å². The second kappa shape index (κ2) is 5.33. The van der Waals surface area contributed by atoms with Crippen LogP contribution in [0.1, 0.15) is 40.8 Å². The molecule has 1 aliphatic heterocycles. The summed E-state index contributed by atoms with van der Waals surface area (Å²) >= 11 is 8.23. The molecule has 1 fully saturated rings. The predicted molar refractivity (Wildman–Crippen MR) is 72.9 cm³/mol. The Morgan fingerprint density at radius 3 is 2.83 bits per heavy atom. The number of benzene rings is 1. The molecule has 1 saturated heterocycles. The lowest BCUT2D eigenvalue weighted by Crippen LogP contribution is -1.92. The van der Waals surface area contributed by atoms with Crippen LogP contribution in [0.2, 0.25) is 0 Å². The van der Waals surface area contributed by atoms with Crippen molar-refractivity contribution < 1.29 is 4.42 Å². The zero-order valence-electron chi connectivity index (χ0n) is 9.75. The summed E-state index contributed by atoms with van der Waals surface area (Å²) in [4.78, 5) is 0. The van der Waals surface area contributed by atoms with Gasteiger partial charge in [0.2, 0.25) is 11.8 Å². The molecule has 5 heteroatoms. The molecule has 0 spiro atoms. The maximum Gasteiger partial charge on any atom is 0.238 e. The fourth-order valence-electron chi connectivity index (χ4n) is 2.02. The summed E-state index contributed by atoms with van der Waals surface area (Å²) in [7, 11) is 0. The highest BCUT2D eigenvalue weighted by atomic mass is 35.5. The van der Waals surface area contributed by atoms with Crippen LogP contribution < -0.4 is 0 Å². The Morgan fingerprint density at radius 1 is 1.28 bits per heavy atom. The average Bonchev–Trinajstić information content (AvgIpc) is 3.09. The van der Waals surface area contributed by atoms with Crippen molar-refractivity contribution in [2.24, 2.45) is 0 Å². The molecule has 2 heterocycles. The van der Waals surface area contributed by atoms with Gasteiger partial charge in [-0.25, -0.2) is 0 Å². The first-order valence-corrected chi connectivity index (χ1v) is 7.47. The summed E-state index contributed by atoms with van der Waals surface area (Å²) < 4.78 is 5.71. The lowest BCUT2D eigenvalue weighted by Gasteiger charge is -2.04. The van der Waals surface area contributed by atoms with Crippen molar-refractivity contribution in [1.82, 2.24) is 10.2 Å². The molecule has 2 aromatic rings. The Balaban J connectivity index is 1.80. The van der Waals surface area contributed by atoms with Crippen LogP contribution in [0.4, 0.5) is 0 Å². The number of thioether (sulfide) groups is 1. The molecule has 0 amide bonds. The van der Waals surface area contributed by atoms with Crippen LogP contribution in [0.5, 0.6) is 0 Å². The summed E-state index contributed by atoms with van der Waals surface area (Å²) in [5, 5.41) is 8.19. The van der Waals surface area contributed by atoms with E-state index in [9.17, 15) is 0 Å². The standard InChI is InChI=1S/C13H13ClN2OS/c14-11(9-5-2-1-3-6-9)13-16-15-12(17-13)10-7-4-8-18-10/h1-3,5-6,10-11H,4,7-8H2. The molecule has 1 aromatic heterocycles. The molecule has 0 saturated carbocycles. The third kappa shape index (κ3) is 2.40. The van der Waals surface area contributed by atoms with Gasteiger partial charge in [0.05, 0.1) is 5.25 Å². The molecule has 0 N–H and O–H groups in total. The zero-order valence-corrected chi connectivity index (χ0v) is 11.3. The number of hydrogen-bond acceptors (Lipinski definition) is 4. The molecule has 0 aliphatic carbocycles. The Labute approximate surface area is 115 Å². The van der Waals surface area contributed by atoms with Gasteiger partial charge in [-0.1, -0.05) is 30.3 Å². The minimum absolute atomic E-state index is 0.353. The van der Waals surface area contributed by atoms with E-state index in [4.69, 9.17) is 16.0 Å². The number of halogens is 1. The van der Waals surface area contributed by atoms with Gasteiger partial charge in [-0.2, -0.15) is 0 Å². The van der Waals surface area contributed by atoms with Crippen LogP contribution in [-0.4, -0.2) is 16.0 Å². The van der Waals surface area contributed by atoms with Crippen LogP contribution >= 0.6 is 23.4 Å². The SMILES string of the molecule is ClC(c1ccccc1)c1nnc(C2CCCS2)o1. The molecule has 0 bridgehead atoms. The fraction of sp³-hybridized carbons (Fsp3) is 0.385. The van der Waals surface area contributed by atoms with Gasteiger partial charge >= 0.3 is 0 Å². The van der Waals surface area contributed by atoms with Crippen LogP contribution in [0.25, 0.3) is 0 Å². The summed E-state index contributed by atoms with van der Waals surface area (Å²) in [5.74, 6) is 2.38. The van der Waals surface area contributed by atoms with Crippen molar-refractivity contribution in [3.05, 3.63) is 47.7 Å². The lowest BCUT2D eigenvalue weighted by atomic mass is 10.1. The summed E-state index contributed by atoms with van der Waals surface area (Å²) in [6, 6.07) is 9.79. The van der Waals surface area contributed by atoms with E-state index in [-0.39, 0.29) is 5.38 Å². The van der Waals surface area contributed by atoms with Crippen molar-refractivity contribution in [2.45, 2.75) is 23.5 Å². The summed E-state index contributed by atoms with van der Waals surface area (Å²) in [6.45, 7) is 0. The van der Waals surface area contributed by atoms with Gasteiger partial charge in [-0.15, -0.1) is 33.6 Å². The van der Waals surface area contributed by atoms with Gasteiger partial charge in [0.1, 0.15) is 5.38 Å². The van der Waals surface area contributed by atoms with Crippen molar-refractivity contribution >= 4 is 23.4 Å². The molecule has 2 unspecified atom stereocenters. The summed E-state index contributed by atoms with van der Waals surface area (Å²) in [5.41, 5.74) is 0.980. The molecule has 3 rings (SSSR count). The highest BCUT2D eigenvalue weighted by Crippen LogP contribution is 2.40. The second-order valence-corrected chi connectivity index (χ2v) is 6.00. The van der Waals surface area contributed by atoms with E-state index < -0.39 is 0 Å². The van der Waals surface area contributed by atoms with E-state index >= 15 is 0 Å². The van der Waals surface area contributed by atoms with E-state index in [0.717, 1.165) is 12.0 Å². The average molecular weight is 281 g/mol. The lowest BCUT2D eigenvalue weighted by molar-refractivity contribution is 0.448. The van der Waals surface area contributed by atoms with Gasteiger partial charge in [0, 0.05) is 0 Å². The van der Waals surface area contributed by atoms with Gasteiger partial charge < -0.3 is 4.42 Å². The Morgan fingerprint density at radius 2 is 2.11 bits per heavy atom. The number of alkyl halides is 1. The smallest absolute Gasteiger partial charge is 0.238 e. The Kier molecular flexibility index (Phi) is 3.57. The Hall–Kier alpha value is -1.00.